The van der Waals surface area contributed by atoms with Crippen LogP contribution in [0.2, 0.25) is 0 Å². The van der Waals surface area contributed by atoms with Gasteiger partial charge in [-0.3, -0.25) is 18.9 Å². The molecule has 3 rings (SSSR count). The molecule has 6 N–H and O–H groups in total. The van der Waals surface area contributed by atoms with Gasteiger partial charge in [0.15, 0.2) is 0 Å². The van der Waals surface area contributed by atoms with E-state index in [0.29, 0.717) is 12.8 Å². The number of hydrogen-bond donors (Lipinski definition) is 6. The lowest BCUT2D eigenvalue weighted by atomic mass is 9.93. The molecule has 4 atom stereocenters. The number of benzene rings is 1. The molecule has 15 heteroatoms. The molecular weight excluding hydrogens is 600 g/mol. The first-order valence-electron chi connectivity index (χ1n) is 14.3. The fourth-order valence-electron chi connectivity index (χ4n) is 4.68. The number of ether oxygens (including phenoxy) is 1. The average Bonchev–Trinajstić information content (AvgIpc) is 3.64. The Labute approximate surface area is 256 Å². The number of amides is 4. The van der Waals surface area contributed by atoms with Gasteiger partial charge in [-0.15, -0.1) is 11.8 Å². The Bertz CT molecular complexity index is 1270. The first-order chi connectivity index (χ1) is 20.0. The summed E-state index contributed by atoms with van der Waals surface area (Å²) in [6, 6.07) is 5.98. The van der Waals surface area contributed by atoms with Crippen molar-refractivity contribution in [2.45, 2.75) is 92.5 Å². The molecule has 1 aromatic rings. The summed E-state index contributed by atoms with van der Waals surface area (Å²) in [6.45, 7) is 7.66. The third-order valence-electron chi connectivity index (χ3n) is 7.11. The van der Waals surface area contributed by atoms with E-state index < -0.39 is 68.0 Å². The molecule has 0 spiro atoms. The first kappa shape index (κ1) is 34.6. The van der Waals surface area contributed by atoms with Crippen LogP contribution in [0.3, 0.4) is 0 Å². The van der Waals surface area contributed by atoms with Gasteiger partial charge in [0.25, 0.3) is 10.8 Å². The van der Waals surface area contributed by atoms with Crippen molar-refractivity contribution in [3.63, 3.8) is 0 Å². The highest BCUT2D eigenvalue weighted by atomic mass is 32.2. The highest BCUT2D eigenvalue weighted by Crippen LogP contribution is 2.32. The van der Waals surface area contributed by atoms with Crippen LogP contribution < -0.4 is 21.3 Å². The monoisotopic (exact) mass is 642 g/mol. The highest BCUT2D eigenvalue weighted by molar-refractivity contribution is 8.00. The molecule has 1 aliphatic heterocycles. The van der Waals surface area contributed by atoms with Crippen molar-refractivity contribution >= 4 is 45.7 Å². The fourth-order valence-corrected chi connectivity index (χ4v) is 6.54. The number of nitrogens with one attached hydrogen (secondary N) is 4. The normalized spacial score (nSPS) is 20.0. The Morgan fingerprint density at radius 1 is 1.12 bits per heavy atom. The number of hydrogen-bond acceptors (Lipinski definition) is 9. The third-order valence-corrected chi connectivity index (χ3v) is 9.54. The summed E-state index contributed by atoms with van der Waals surface area (Å²) < 4.78 is 40.0. The molecule has 2 aliphatic rings. The molecule has 2 fully saturated rings. The molecular formula is C28H42N4O9S2. The van der Waals surface area contributed by atoms with Gasteiger partial charge >= 0.3 is 16.2 Å². The summed E-state index contributed by atoms with van der Waals surface area (Å²) in [7, 11) is -5.53. The molecule has 1 saturated carbocycles. The van der Waals surface area contributed by atoms with E-state index in [4.69, 9.17) is 4.74 Å². The molecule has 4 amide bonds. The van der Waals surface area contributed by atoms with Crippen molar-refractivity contribution < 1.29 is 42.0 Å². The van der Waals surface area contributed by atoms with Crippen LogP contribution in [-0.4, -0.2) is 82.8 Å². The summed E-state index contributed by atoms with van der Waals surface area (Å²) in [5.41, 5.74) is 0. The lowest BCUT2D eigenvalue weighted by Crippen LogP contribution is -2.67. The summed E-state index contributed by atoms with van der Waals surface area (Å²) in [5, 5.41) is 21.1. The van der Waals surface area contributed by atoms with E-state index in [9.17, 15) is 37.3 Å². The highest BCUT2D eigenvalue weighted by Gasteiger charge is 2.57. The topological polar surface area (TPSA) is 200 Å². The van der Waals surface area contributed by atoms with E-state index in [2.05, 4.69) is 21.3 Å². The average molecular weight is 643 g/mol. The third kappa shape index (κ3) is 9.81. The van der Waals surface area contributed by atoms with Crippen molar-refractivity contribution in [1.29, 1.82) is 0 Å². The smallest absolute Gasteiger partial charge is 0.407 e. The van der Waals surface area contributed by atoms with Gasteiger partial charge in [-0.25, -0.2) is 4.79 Å². The van der Waals surface area contributed by atoms with Gasteiger partial charge in [-0.2, -0.15) is 8.42 Å². The van der Waals surface area contributed by atoms with Crippen molar-refractivity contribution in [2.24, 2.45) is 11.8 Å². The lowest BCUT2D eigenvalue weighted by Gasteiger charge is -2.34. The maximum atomic E-state index is 13.5. The lowest BCUT2D eigenvalue weighted by molar-refractivity contribution is -0.138. The molecule has 1 saturated heterocycles. The van der Waals surface area contributed by atoms with E-state index in [0.717, 1.165) is 4.90 Å². The van der Waals surface area contributed by atoms with Crippen molar-refractivity contribution in [2.75, 3.05) is 13.2 Å². The van der Waals surface area contributed by atoms with E-state index in [1.165, 1.54) is 11.8 Å². The van der Waals surface area contributed by atoms with Crippen LogP contribution >= 0.6 is 11.8 Å². The van der Waals surface area contributed by atoms with Gasteiger partial charge < -0.3 is 31.1 Å². The zero-order valence-corrected chi connectivity index (χ0v) is 26.4. The van der Waals surface area contributed by atoms with Crippen LogP contribution in [0, 0.1) is 11.8 Å². The van der Waals surface area contributed by atoms with Gasteiger partial charge in [0.2, 0.25) is 11.8 Å². The number of carbonyl (C=O) groups excluding carboxylic acids is 4. The second kappa shape index (κ2) is 14.3. The zero-order valence-electron chi connectivity index (χ0n) is 24.8. The van der Waals surface area contributed by atoms with E-state index in [-0.39, 0.29) is 38.0 Å². The van der Waals surface area contributed by atoms with Crippen LogP contribution in [0.4, 0.5) is 4.79 Å². The van der Waals surface area contributed by atoms with Gasteiger partial charge in [-0.05, 0) is 64.0 Å². The Morgan fingerprint density at radius 2 is 1.77 bits per heavy atom. The number of aliphatic hydroxyl groups is 1. The van der Waals surface area contributed by atoms with Gasteiger partial charge in [0.05, 0.1) is 6.04 Å². The maximum absolute atomic E-state index is 13.5. The minimum absolute atomic E-state index is 0.00231. The van der Waals surface area contributed by atoms with Crippen LogP contribution in [0.15, 0.2) is 35.2 Å². The molecule has 1 aromatic carbocycles. The van der Waals surface area contributed by atoms with E-state index >= 15 is 0 Å². The first-order valence-corrected chi connectivity index (χ1v) is 16.5. The summed E-state index contributed by atoms with van der Waals surface area (Å²) in [6.07, 6.45) is 0.101. The molecule has 0 radical (unpaired) electrons. The van der Waals surface area contributed by atoms with Crippen LogP contribution in [0.5, 0.6) is 0 Å². The van der Waals surface area contributed by atoms with Crippen molar-refractivity contribution in [1.82, 2.24) is 21.3 Å². The quantitative estimate of drug-likeness (QED) is 0.121. The summed E-state index contributed by atoms with van der Waals surface area (Å²) in [5.74, 6) is -3.76. The molecule has 0 bridgehead atoms. The molecule has 43 heavy (non-hydrogen) atoms. The minimum Gasteiger partial charge on any atom is -0.448 e. The number of rotatable bonds is 15. The molecule has 1 aliphatic carbocycles. The van der Waals surface area contributed by atoms with Gasteiger partial charge in [0, 0.05) is 28.1 Å². The van der Waals surface area contributed by atoms with Crippen molar-refractivity contribution in [3.8, 4) is 0 Å². The van der Waals surface area contributed by atoms with Crippen molar-refractivity contribution in [3.05, 3.63) is 30.3 Å². The fraction of sp³-hybridized carbons (Fsp3) is 0.643. The molecule has 1 heterocycles. The van der Waals surface area contributed by atoms with Crippen LogP contribution in [0.25, 0.3) is 0 Å². The minimum atomic E-state index is -5.53. The van der Waals surface area contributed by atoms with Gasteiger partial charge in [0.1, 0.15) is 12.6 Å². The maximum Gasteiger partial charge on any atom is 0.407 e. The van der Waals surface area contributed by atoms with E-state index in [1.54, 1.807) is 13.8 Å². The molecule has 1 unspecified atom stereocenters. The predicted molar refractivity (Wildman–Crippen MR) is 159 cm³/mol. The molecule has 0 aromatic heterocycles. The number of thioether (sulfide) groups is 1. The Balaban J connectivity index is 1.78. The van der Waals surface area contributed by atoms with E-state index in [1.807, 2.05) is 44.2 Å². The SMILES string of the molecule is CC(C)C[C@H](NC(=O)OCC(C)(C)Sc1ccccc1)C(=O)N[C@@H](C[C@@H]1CCNC1=O)C(O)(C(=O)NC1CC1)S(=O)(=O)O. The molecule has 240 valence electrons. The standard InChI is InChI=1S/C28H42N4O9S2/c1-17(2)14-21(31-26(36)41-16-27(3,4)42-20-8-6-5-7-9-20)24(34)32-22(15-18-12-13-29-23(18)33)28(37,43(38,39)40)25(35)30-19-10-11-19/h5-9,17-19,21-22,37H,10-16H2,1-4H3,(H,29,33)(H,30,35)(H,31,36)(H,32,34)(H,38,39,40)/t18-,21-,22-,28?/m0/s1. The molecule has 13 nitrogen and oxygen atoms in total. The van der Waals surface area contributed by atoms with Gasteiger partial charge in [-0.1, -0.05) is 32.0 Å². The second-order valence-corrected chi connectivity index (χ2v) is 15.4. The van der Waals surface area contributed by atoms with Crippen LogP contribution in [0.1, 0.15) is 59.8 Å². The largest absolute Gasteiger partial charge is 0.448 e. The number of carbonyl (C=O) groups is 4. The Morgan fingerprint density at radius 3 is 2.30 bits per heavy atom. The summed E-state index contributed by atoms with van der Waals surface area (Å²) >= 11 is 1.50. The number of alkyl carbamates (subject to hydrolysis) is 1. The predicted octanol–water partition coefficient (Wildman–Crippen LogP) is 1.56. The Hall–Kier alpha value is -2.88. The zero-order chi connectivity index (χ0) is 32.0. The summed E-state index contributed by atoms with van der Waals surface area (Å²) in [4.78, 5) is 49.2. The second-order valence-electron chi connectivity index (χ2n) is 12.1. The Kier molecular flexibility index (Phi) is 11.5. The van der Waals surface area contributed by atoms with Crippen LogP contribution in [-0.2, 0) is 29.2 Å².